The Morgan fingerprint density at radius 3 is 2.46 bits per heavy atom. The summed E-state index contributed by atoms with van der Waals surface area (Å²) in [6, 6.07) is 13.3. The number of likely N-dealkylation sites (N-methyl/N-ethyl adjacent to an activating group) is 1. The topological polar surface area (TPSA) is 55.8 Å². The number of esters is 1. The molecule has 138 valence electrons. The number of nitrogens with zero attached hydrogens (tertiary/aromatic N) is 1. The highest BCUT2D eigenvalue weighted by atomic mass is 19.1. The normalized spacial score (nSPS) is 10.3. The third-order valence-corrected chi connectivity index (χ3v) is 3.91. The van der Waals surface area contributed by atoms with Gasteiger partial charge in [0.2, 0.25) is 0 Å². The number of rotatable bonds is 8. The molecular weight excluding hydrogens is 337 g/mol. The van der Waals surface area contributed by atoms with Crippen molar-refractivity contribution in [3.05, 3.63) is 65.5 Å². The zero-order valence-corrected chi connectivity index (χ0v) is 14.9. The molecular formula is C20H22FNO4. The van der Waals surface area contributed by atoms with E-state index in [-0.39, 0.29) is 24.8 Å². The first-order valence-corrected chi connectivity index (χ1v) is 8.25. The summed E-state index contributed by atoms with van der Waals surface area (Å²) in [4.78, 5) is 25.3. The van der Waals surface area contributed by atoms with Crippen molar-refractivity contribution in [2.75, 3.05) is 20.8 Å². The second-order valence-corrected chi connectivity index (χ2v) is 5.85. The van der Waals surface area contributed by atoms with Gasteiger partial charge in [-0.25, -0.2) is 4.39 Å². The summed E-state index contributed by atoms with van der Waals surface area (Å²) in [5.41, 5.74) is 1.71. The Morgan fingerprint density at radius 2 is 1.77 bits per heavy atom. The number of para-hydroxylation sites is 1. The van der Waals surface area contributed by atoms with E-state index in [1.807, 2.05) is 24.3 Å². The minimum absolute atomic E-state index is 0.162. The molecule has 2 aromatic rings. The van der Waals surface area contributed by atoms with E-state index in [1.165, 1.54) is 17.0 Å². The van der Waals surface area contributed by atoms with Gasteiger partial charge in [-0.15, -0.1) is 0 Å². The van der Waals surface area contributed by atoms with Crippen LogP contribution in [-0.2, 0) is 27.3 Å². The Kier molecular flexibility index (Phi) is 7.14. The summed E-state index contributed by atoms with van der Waals surface area (Å²) >= 11 is 0. The second kappa shape index (κ2) is 9.56. The van der Waals surface area contributed by atoms with Crippen LogP contribution >= 0.6 is 0 Å². The minimum Gasteiger partial charge on any atom is -0.496 e. The Morgan fingerprint density at radius 1 is 1.08 bits per heavy atom. The number of ether oxygens (including phenoxy) is 2. The Bertz CT molecular complexity index is 746. The molecule has 5 nitrogen and oxygen atoms in total. The maximum absolute atomic E-state index is 12.9. The summed E-state index contributed by atoms with van der Waals surface area (Å²) in [5.74, 6) is -0.374. The zero-order chi connectivity index (χ0) is 18.9. The number of hydrogen-bond acceptors (Lipinski definition) is 4. The van der Waals surface area contributed by atoms with Gasteiger partial charge >= 0.3 is 5.97 Å². The van der Waals surface area contributed by atoms with Gasteiger partial charge in [-0.3, -0.25) is 9.59 Å². The number of benzene rings is 2. The monoisotopic (exact) mass is 359 g/mol. The molecule has 0 bridgehead atoms. The van der Waals surface area contributed by atoms with E-state index in [1.54, 1.807) is 26.3 Å². The van der Waals surface area contributed by atoms with Gasteiger partial charge in [0, 0.05) is 20.0 Å². The van der Waals surface area contributed by atoms with Crippen LogP contribution in [0.1, 0.15) is 17.5 Å². The fourth-order valence-electron chi connectivity index (χ4n) is 2.42. The summed E-state index contributed by atoms with van der Waals surface area (Å²) in [6.07, 6.45) is 0.637. The maximum Gasteiger partial charge on any atom is 0.306 e. The predicted molar refractivity (Wildman–Crippen MR) is 95.1 cm³/mol. The van der Waals surface area contributed by atoms with Gasteiger partial charge < -0.3 is 14.4 Å². The van der Waals surface area contributed by atoms with Crippen molar-refractivity contribution in [3.8, 4) is 5.75 Å². The van der Waals surface area contributed by atoms with Gasteiger partial charge in [-0.1, -0.05) is 30.3 Å². The lowest BCUT2D eigenvalue weighted by atomic mass is 10.1. The molecule has 26 heavy (non-hydrogen) atoms. The van der Waals surface area contributed by atoms with Crippen molar-refractivity contribution in [1.82, 2.24) is 4.90 Å². The molecule has 0 saturated heterocycles. The Labute approximate surface area is 152 Å². The number of halogens is 1. The molecule has 0 aliphatic carbocycles. The summed E-state index contributed by atoms with van der Waals surface area (Å²) < 4.78 is 23.2. The van der Waals surface area contributed by atoms with Gasteiger partial charge in [0.15, 0.2) is 6.61 Å². The van der Waals surface area contributed by atoms with Crippen molar-refractivity contribution < 1.29 is 23.5 Å². The minimum atomic E-state index is -0.445. The molecule has 0 N–H and O–H groups in total. The van der Waals surface area contributed by atoms with Crippen molar-refractivity contribution in [2.45, 2.75) is 19.4 Å². The zero-order valence-electron chi connectivity index (χ0n) is 14.9. The fourth-order valence-corrected chi connectivity index (χ4v) is 2.42. The van der Waals surface area contributed by atoms with E-state index < -0.39 is 5.97 Å². The van der Waals surface area contributed by atoms with Crippen LogP contribution in [0.4, 0.5) is 4.39 Å². The highest BCUT2D eigenvalue weighted by Gasteiger charge is 2.13. The summed E-state index contributed by atoms with van der Waals surface area (Å²) in [6.45, 7) is 0.000328. The molecule has 2 aromatic carbocycles. The van der Waals surface area contributed by atoms with E-state index >= 15 is 0 Å². The number of carbonyl (C=O) groups is 2. The second-order valence-electron chi connectivity index (χ2n) is 5.85. The third kappa shape index (κ3) is 5.88. The molecule has 0 atom stereocenters. The third-order valence-electron chi connectivity index (χ3n) is 3.91. The number of hydrogen-bond donors (Lipinski definition) is 0. The lowest BCUT2D eigenvalue weighted by Crippen LogP contribution is -2.30. The number of carbonyl (C=O) groups excluding carboxylic acids is 2. The van der Waals surface area contributed by atoms with E-state index in [0.29, 0.717) is 13.0 Å². The average molecular weight is 359 g/mol. The number of methoxy groups -OCH3 is 1. The molecule has 0 radical (unpaired) electrons. The maximum atomic E-state index is 12.9. The van der Waals surface area contributed by atoms with Gasteiger partial charge in [0.25, 0.3) is 5.91 Å². The number of aryl methyl sites for hydroxylation is 1. The molecule has 0 fully saturated rings. The smallest absolute Gasteiger partial charge is 0.306 e. The van der Waals surface area contributed by atoms with Crippen LogP contribution < -0.4 is 4.74 Å². The lowest BCUT2D eigenvalue weighted by Gasteiger charge is -2.17. The molecule has 0 unspecified atom stereocenters. The van der Waals surface area contributed by atoms with Crippen LogP contribution in [0.25, 0.3) is 0 Å². The predicted octanol–water partition coefficient (Wildman–Crippen LogP) is 2.97. The molecule has 2 rings (SSSR count). The molecule has 6 heteroatoms. The van der Waals surface area contributed by atoms with Gasteiger partial charge in [-0.2, -0.15) is 0 Å². The highest BCUT2D eigenvalue weighted by molar-refractivity contribution is 5.80. The van der Waals surface area contributed by atoms with Crippen LogP contribution in [0.5, 0.6) is 5.75 Å². The Balaban J connectivity index is 1.75. The van der Waals surface area contributed by atoms with Gasteiger partial charge in [-0.05, 0) is 35.7 Å². The quantitative estimate of drug-likeness (QED) is 0.680. The molecule has 0 saturated carbocycles. The summed E-state index contributed by atoms with van der Waals surface area (Å²) in [5, 5.41) is 0. The van der Waals surface area contributed by atoms with Gasteiger partial charge in [0.05, 0.1) is 7.11 Å². The highest BCUT2D eigenvalue weighted by Crippen LogP contribution is 2.18. The van der Waals surface area contributed by atoms with Crippen molar-refractivity contribution >= 4 is 11.9 Å². The first-order chi connectivity index (χ1) is 12.5. The van der Waals surface area contributed by atoms with E-state index in [9.17, 15) is 14.0 Å². The van der Waals surface area contributed by atoms with Crippen LogP contribution in [0.15, 0.2) is 48.5 Å². The molecule has 0 aliphatic rings. The summed E-state index contributed by atoms with van der Waals surface area (Å²) in [7, 11) is 3.18. The first kappa shape index (κ1) is 19.4. The standard InChI is InChI=1S/C20H22FNO4/c1-22(13-15-7-10-17(21)11-8-15)19(23)14-26-20(24)12-9-16-5-3-4-6-18(16)25-2/h3-8,10-11H,9,12-14H2,1-2H3. The lowest BCUT2D eigenvalue weighted by molar-refractivity contribution is -0.151. The first-order valence-electron chi connectivity index (χ1n) is 8.25. The van der Waals surface area contributed by atoms with E-state index in [2.05, 4.69) is 0 Å². The van der Waals surface area contributed by atoms with Crippen LogP contribution in [0.2, 0.25) is 0 Å². The van der Waals surface area contributed by atoms with Crippen molar-refractivity contribution in [3.63, 3.8) is 0 Å². The largest absolute Gasteiger partial charge is 0.496 e. The van der Waals surface area contributed by atoms with Crippen LogP contribution in [0, 0.1) is 5.82 Å². The SMILES string of the molecule is COc1ccccc1CCC(=O)OCC(=O)N(C)Cc1ccc(F)cc1. The molecule has 0 aromatic heterocycles. The molecule has 0 aliphatic heterocycles. The van der Waals surface area contributed by atoms with Crippen LogP contribution in [-0.4, -0.2) is 37.5 Å². The van der Waals surface area contributed by atoms with E-state index in [0.717, 1.165) is 16.9 Å². The molecule has 0 heterocycles. The molecule has 0 spiro atoms. The Hall–Kier alpha value is -2.89. The average Bonchev–Trinajstić information content (AvgIpc) is 2.66. The van der Waals surface area contributed by atoms with E-state index in [4.69, 9.17) is 9.47 Å². The fraction of sp³-hybridized carbons (Fsp3) is 0.300. The molecule has 1 amide bonds. The van der Waals surface area contributed by atoms with Crippen LogP contribution in [0.3, 0.4) is 0 Å². The van der Waals surface area contributed by atoms with Crippen molar-refractivity contribution in [1.29, 1.82) is 0 Å². The van der Waals surface area contributed by atoms with Gasteiger partial charge in [0.1, 0.15) is 11.6 Å². The van der Waals surface area contributed by atoms with Crippen molar-refractivity contribution in [2.24, 2.45) is 0 Å². The number of amides is 1.